The van der Waals surface area contributed by atoms with Gasteiger partial charge in [-0.3, -0.25) is 0 Å². The molecular formula is C67H54N2. The lowest BCUT2D eigenvalue weighted by Gasteiger charge is -2.31. The molecule has 0 radical (unpaired) electrons. The number of benzene rings is 10. The molecule has 1 heterocycles. The Bertz CT molecular complexity index is 3750. The van der Waals surface area contributed by atoms with Crippen LogP contribution in [0.4, 0.5) is 17.1 Å². The van der Waals surface area contributed by atoms with E-state index in [4.69, 9.17) is 0 Å². The Balaban J connectivity index is 1.03. The zero-order valence-corrected chi connectivity index (χ0v) is 39.4. The van der Waals surface area contributed by atoms with E-state index in [0.29, 0.717) is 5.92 Å². The SMILES string of the molecule is CC1(C)c2ccccc2-c2ccc(-c3ccccc3N(c3cccc(-c4ccc5c6ccccc6n(-c6ccccc6)c5c4)c3)c3ccccc3-c3cccc4cccc(C5CCCCC5)c34)cc21. The van der Waals surface area contributed by atoms with Crippen LogP contribution >= 0.6 is 0 Å². The van der Waals surface area contributed by atoms with Gasteiger partial charge in [0.25, 0.3) is 0 Å². The van der Waals surface area contributed by atoms with Crippen LogP contribution in [0.15, 0.2) is 224 Å². The van der Waals surface area contributed by atoms with E-state index in [1.807, 2.05) is 0 Å². The summed E-state index contributed by atoms with van der Waals surface area (Å²) in [6.45, 7) is 4.76. The third-order valence-electron chi connectivity index (χ3n) is 15.6. The van der Waals surface area contributed by atoms with Gasteiger partial charge in [0.15, 0.2) is 0 Å². The summed E-state index contributed by atoms with van der Waals surface area (Å²) in [5, 5.41) is 5.21. The maximum atomic E-state index is 2.54. The van der Waals surface area contributed by atoms with Crippen LogP contribution in [0.3, 0.4) is 0 Å². The summed E-state index contributed by atoms with van der Waals surface area (Å²) in [6.07, 6.45) is 6.44. The Labute approximate surface area is 405 Å². The molecule has 332 valence electrons. The van der Waals surface area contributed by atoms with Gasteiger partial charge in [0.2, 0.25) is 0 Å². The molecule has 0 spiro atoms. The Morgan fingerprint density at radius 1 is 0.420 bits per heavy atom. The van der Waals surface area contributed by atoms with Crippen molar-refractivity contribution < 1.29 is 0 Å². The third kappa shape index (κ3) is 6.84. The topological polar surface area (TPSA) is 8.17 Å². The smallest absolute Gasteiger partial charge is 0.0547 e. The summed E-state index contributed by atoms with van der Waals surface area (Å²) in [4.78, 5) is 2.54. The molecule has 2 aliphatic rings. The first kappa shape index (κ1) is 41.3. The van der Waals surface area contributed by atoms with E-state index in [1.165, 1.54) is 126 Å². The molecule has 0 saturated heterocycles. The van der Waals surface area contributed by atoms with Crippen LogP contribution in [-0.2, 0) is 5.41 Å². The van der Waals surface area contributed by atoms with Crippen LogP contribution in [0.1, 0.15) is 68.6 Å². The Kier molecular flexibility index (Phi) is 9.98. The van der Waals surface area contributed by atoms with Crippen molar-refractivity contribution in [1.29, 1.82) is 0 Å². The molecule has 1 saturated carbocycles. The maximum absolute atomic E-state index is 2.54. The average Bonchev–Trinajstić information content (AvgIpc) is 3.86. The number of nitrogens with zero attached hydrogens (tertiary/aromatic N) is 2. The standard InChI is InChI=1S/C67H54N2/c1-67(2)60-34-13-9-29-54(60)55-40-39-49(43-61(55)67)52-28-10-14-35-62(52)69(64-37-16-12-31-57(64)59-33-19-23-46-22-18-32-53(66(46)59)45-20-5-3-6-21-45)51-27-17-24-47(42-51)48-38-41-58-56-30-11-15-36-63(56)68(65(58)44-48)50-25-7-4-8-26-50/h4,7-19,22-45H,3,5-6,20-21H2,1-2H3. The second-order valence-electron chi connectivity index (χ2n) is 19.9. The van der Waals surface area contributed by atoms with Gasteiger partial charge in [0.1, 0.15) is 0 Å². The van der Waals surface area contributed by atoms with E-state index in [9.17, 15) is 0 Å². The Morgan fingerprint density at radius 2 is 1.04 bits per heavy atom. The van der Waals surface area contributed by atoms with Crippen LogP contribution < -0.4 is 4.90 Å². The predicted octanol–water partition coefficient (Wildman–Crippen LogP) is 18.8. The molecule has 1 fully saturated rings. The molecule has 2 nitrogen and oxygen atoms in total. The van der Waals surface area contributed by atoms with Crippen molar-refractivity contribution in [2.75, 3.05) is 4.90 Å². The minimum Gasteiger partial charge on any atom is -0.309 e. The number of rotatable bonds is 8. The van der Waals surface area contributed by atoms with Gasteiger partial charge in [-0.05, 0) is 134 Å². The van der Waals surface area contributed by atoms with Crippen LogP contribution in [0.25, 0.3) is 82.8 Å². The predicted molar refractivity (Wildman–Crippen MR) is 293 cm³/mol. The molecule has 2 aliphatic carbocycles. The van der Waals surface area contributed by atoms with Gasteiger partial charge in [-0.25, -0.2) is 0 Å². The second kappa shape index (κ2) is 16.7. The average molecular weight is 887 g/mol. The van der Waals surface area contributed by atoms with E-state index in [1.54, 1.807) is 0 Å². The molecule has 1 aromatic heterocycles. The fraction of sp³-hybridized carbons (Fsp3) is 0.134. The highest BCUT2D eigenvalue weighted by Gasteiger charge is 2.35. The number of aromatic nitrogens is 1. The Morgan fingerprint density at radius 3 is 1.88 bits per heavy atom. The lowest BCUT2D eigenvalue weighted by molar-refractivity contribution is 0.445. The number of hydrogen-bond acceptors (Lipinski definition) is 1. The zero-order chi connectivity index (χ0) is 46.1. The molecule has 0 atom stereocenters. The summed E-state index contributed by atoms with van der Waals surface area (Å²) in [7, 11) is 0. The minimum absolute atomic E-state index is 0.116. The minimum atomic E-state index is -0.116. The van der Waals surface area contributed by atoms with Crippen molar-refractivity contribution in [1.82, 2.24) is 4.57 Å². The van der Waals surface area contributed by atoms with Crippen molar-refractivity contribution in [3.63, 3.8) is 0 Å². The molecule has 69 heavy (non-hydrogen) atoms. The number of fused-ring (bicyclic) bond motifs is 7. The van der Waals surface area contributed by atoms with Gasteiger partial charge in [-0.1, -0.05) is 203 Å². The zero-order valence-electron chi connectivity index (χ0n) is 39.4. The summed E-state index contributed by atoms with van der Waals surface area (Å²) < 4.78 is 2.42. The quantitative estimate of drug-likeness (QED) is 0.148. The lowest BCUT2D eigenvalue weighted by Crippen LogP contribution is -2.15. The van der Waals surface area contributed by atoms with Gasteiger partial charge in [0, 0.05) is 38.7 Å². The molecule has 0 bridgehead atoms. The van der Waals surface area contributed by atoms with Crippen LogP contribution in [0, 0.1) is 0 Å². The van der Waals surface area contributed by atoms with E-state index >= 15 is 0 Å². The van der Waals surface area contributed by atoms with Gasteiger partial charge < -0.3 is 9.47 Å². The van der Waals surface area contributed by atoms with Crippen LogP contribution in [0.2, 0.25) is 0 Å². The fourth-order valence-corrected chi connectivity index (χ4v) is 12.3. The van der Waals surface area contributed by atoms with Crippen LogP contribution in [-0.4, -0.2) is 4.57 Å². The van der Waals surface area contributed by atoms with Crippen molar-refractivity contribution in [2.24, 2.45) is 0 Å². The molecule has 13 rings (SSSR count). The van der Waals surface area contributed by atoms with Crippen molar-refractivity contribution >= 4 is 49.6 Å². The van der Waals surface area contributed by atoms with Gasteiger partial charge >= 0.3 is 0 Å². The first-order valence-electron chi connectivity index (χ1n) is 25.0. The monoisotopic (exact) mass is 886 g/mol. The highest BCUT2D eigenvalue weighted by atomic mass is 15.1. The van der Waals surface area contributed by atoms with E-state index < -0.39 is 0 Å². The van der Waals surface area contributed by atoms with E-state index in [-0.39, 0.29) is 5.41 Å². The van der Waals surface area contributed by atoms with Gasteiger partial charge in [-0.15, -0.1) is 0 Å². The molecule has 10 aromatic carbocycles. The fourth-order valence-electron chi connectivity index (χ4n) is 12.3. The maximum Gasteiger partial charge on any atom is 0.0547 e. The molecule has 11 aromatic rings. The molecule has 0 unspecified atom stereocenters. The number of para-hydroxylation sites is 4. The molecule has 2 heteroatoms. The van der Waals surface area contributed by atoms with Gasteiger partial charge in [0.05, 0.1) is 22.4 Å². The largest absolute Gasteiger partial charge is 0.309 e. The molecule has 0 N–H and O–H groups in total. The van der Waals surface area contributed by atoms with E-state index in [2.05, 4.69) is 248 Å². The van der Waals surface area contributed by atoms with Crippen LogP contribution in [0.5, 0.6) is 0 Å². The number of anilines is 3. The normalized spacial score (nSPS) is 14.3. The van der Waals surface area contributed by atoms with Crippen molar-refractivity contribution in [3.8, 4) is 50.2 Å². The van der Waals surface area contributed by atoms with Gasteiger partial charge in [-0.2, -0.15) is 0 Å². The summed E-state index contributed by atoms with van der Waals surface area (Å²) in [6, 6.07) is 84.1. The first-order valence-corrected chi connectivity index (χ1v) is 25.0. The highest BCUT2D eigenvalue weighted by molar-refractivity contribution is 6.10. The lowest BCUT2D eigenvalue weighted by atomic mass is 9.80. The second-order valence-corrected chi connectivity index (χ2v) is 19.9. The Hall–Kier alpha value is -7.94. The summed E-state index contributed by atoms with van der Waals surface area (Å²) >= 11 is 0. The van der Waals surface area contributed by atoms with E-state index in [0.717, 1.165) is 22.7 Å². The highest BCUT2D eigenvalue weighted by Crippen LogP contribution is 2.52. The number of hydrogen-bond donors (Lipinski definition) is 0. The summed E-state index contributed by atoms with van der Waals surface area (Å²) in [5.41, 5.74) is 21.1. The first-order chi connectivity index (χ1) is 34.0. The third-order valence-corrected chi connectivity index (χ3v) is 15.6. The summed E-state index contributed by atoms with van der Waals surface area (Å²) in [5.74, 6) is 0.567. The molecule has 0 aliphatic heterocycles. The molecular weight excluding hydrogens is 833 g/mol. The van der Waals surface area contributed by atoms with Crippen molar-refractivity contribution in [3.05, 3.63) is 241 Å². The van der Waals surface area contributed by atoms with Crippen molar-refractivity contribution in [2.45, 2.75) is 57.3 Å². The molecule has 0 amide bonds.